The molecule has 244 valence electrons. The smallest absolute Gasteiger partial charge is 0.232 e. The van der Waals surface area contributed by atoms with Crippen molar-refractivity contribution in [3.63, 3.8) is 0 Å². The van der Waals surface area contributed by atoms with Crippen LogP contribution in [0.15, 0.2) is 107 Å². The zero-order chi connectivity index (χ0) is 34.2. The molecule has 4 aromatic carbocycles. The SMILES string of the molecule is CN(C)c1ccc(/C=C/C(=O)CC(=O)Nc2ccc3c(c2)Sc2cc(NC(=O)CC(=O)/C=C/c4ccc(N(C)C)cc4)ccc2N3)cc1. The van der Waals surface area contributed by atoms with Crippen molar-refractivity contribution < 1.29 is 19.2 Å². The van der Waals surface area contributed by atoms with E-state index in [1.165, 1.54) is 23.9 Å². The highest BCUT2D eigenvalue weighted by Crippen LogP contribution is 2.46. The van der Waals surface area contributed by atoms with Crippen molar-refractivity contribution in [1.82, 2.24) is 0 Å². The number of hydrogen-bond acceptors (Lipinski definition) is 8. The van der Waals surface area contributed by atoms with Crippen LogP contribution in [0, 0.1) is 0 Å². The van der Waals surface area contributed by atoms with E-state index in [1.54, 1.807) is 24.3 Å². The predicted molar refractivity (Wildman–Crippen MR) is 196 cm³/mol. The van der Waals surface area contributed by atoms with Crippen LogP contribution in [0.1, 0.15) is 24.0 Å². The molecule has 0 bridgehead atoms. The number of amides is 2. The second-order valence-electron chi connectivity index (χ2n) is 11.7. The normalized spacial score (nSPS) is 11.8. The maximum Gasteiger partial charge on any atom is 0.232 e. The third kappa shape index (κ3) is 9.23. The molecule has 10 heteroatoms. The van der Waals surface area contributed by atoms with E-state index in [2.05, 4.69) is 16.0 Å². The number of nitrogens with one attached hydrogen (secondary N) is 3. The third-order valence-electron chi connectivity index (χ3n) is 7.43. The lowest BCUT2D eigenvalue weighted by molar-refractivity contribution is -0.124. The molecular formula is C38H37N5O4S. The minimum Gasteiger partial charge on any atom is -0.378 e. The molecule has 0 saturated carbocycles. The molecule has 0 saturated heterocycles. The van der Waals surface area contributed by atoms with Gasteiger partial charge in [0.05, 0.1) is 24.2 Å². The molecule has 4 aromatic rings. The van der Waals surface area contributed by atoms with E-state index in [0.717, 1.165) is 43.7 Å². The van der Waals surface area contributed by atoms with E-state index in [-0.39, 0.29) is 24.4 Å². The molecule has 1 heterocycles. The molecule has 0 aromatic heterocycles. The largest absolute Gasteiger partial charge is 0.378 e. The zero-order valence-corrected chi connectivity index (χ0v) is 28.1. The maximum absolute atomic E-state index is 12.6. The van der Waals surface area contributed by atoms with Crippen LogP contribution in [-0.4, -0.2) is 51.6 Å². The van der Waals surface area contributed by atoms with Crippen LogP contribution in [0.3, 0.4) is 0 Å². The summed E-state index contributed by atoms with van der Waals surface area (Å²) in [4.78, 5) is 55.8. The van der Waals surface area contributed by atoms with Gasteiger partial charge in [0.25, 0.3) is 0 Å². The summed E-state index contributed by atoms with van der Waals surface area (Å²) in [5.41, 5.74) is 6.74. The highest BCUT2D eigenvalue weighted by Gasteiger charge is 2.18. The predicted octanol–water partition coefficient (Wildman–Crippen LogP) is 7.25. The van der Waals surface area contributed by atoms with Crippen LogP contribution >= 0.6 is 11.8 Å². The first-order valence-electron chi connectivity index (χ1n) is 15.3. The van der Waals surface area contributed by atoms with Crippen molar-refractivity contribution in [1.29, 1.82) is 0 Å². The van der Waals surface area contributed by atoms with Crippen molar-refractivity contribution in [2.24, 2.45) is 0 Å². The average molecular weight is 660 g/mol. The van der Waals surface area contributed by atoms with E-state index >= 15 is 0 Å². The molecule has 48 heavy (non-hydrogen) atoms. The van der Waals surface area contributed by atoms with Crippen LogP contribution in [0.25, 0.3) is 12.2 Å². The summed E-state index contributed by atoms with van der Waals surface area (Å²) in [5, 5.41) is 8.99. The minimum atomic E-state index is -0.404. The van der Waals surface area contributed by atoms with Gasteiger partial charge in [-0.2, -0.15) is 0 Å². The number of benzene rings is 4. The Hall–Kier alpha value is -5.61. The molecule has 0 fully saturated rings. The number of fused-ring (bicyclic) bond motifs is 2. The molecule has 9 nitrogen and oxygen atoms in total. The maximum atomic E-state index is 12.6. The summed E-state index contributed by atoms with van der Waals surface area (Å²) in [5.74, 6) is -1.40. The number of allylic oxidation sites excluding steroid dienone is 2. The Balaban J connectivity index is 1.13. The van der Waals surface area contributed by atoms with Gasteiger partial charge in [0.2, 0.25) is 11.8 Å². The molecule has 0 aliphatic carbocycles. The quantitative estimate of drug-likeness (QED) is 0.0949. The number of carbonyl (C=O) groups excluding carboxylic acids is 4. The molecule has 2 amide bonds. The van der Waals surface area contributed by atoms with E-state index in [0.29, 0.717) is 11.4 Å². The van der Waals surface area contributed by atoms with Crippen LogP contribution < -0.4 is 25.8 Å². The highest BCUT2D eigenvalue weighted by molar-refractivity contribution is 7.99. The van der Waals surface area contributed by atoms with Crippen LogP contribution in [-0.2, 0) is 19.2 Å². The molecule has 0 spiro atoms. The Morgan fingerprint density at radius 1 is 0.604 bits per heavy atom. The van der Waals surface area contributed by atoms with Gasteiger partial charge in [0.15, 0.2) is 11.6 Å². The van der Waals surface area contributed by atoms with Crippen molar-refractivity contribution in [2.75, 3.05) is 53.9 Å². The van der Waals surface area contributed by atoms with Crippen molar-refractivity contribution in [2.45, 2.75) is 22.6 Å². The van der Waals surface area contributed by atoms with Gasteiger partial charge in [-0.25, -0.2) is 0 Å². The van der Waals surface area contributed by atoms with Gasteiger partial charge in [-0.1, -0.05) is 48.2 Å². The third-order valence-corrected chi connectivity index (χ3v) is 8.55. The lowest BCUT2D eigenvalue weighted by Crippen LogP contribution is -2.16. The Kier molecular flexibility index (Phi) is 10.8. The lowest BCUT2D eigenvalue weighted by Gasteiger charge is -2.22. The minimum absolute atomic E-state index is 0.275. The van der Waals surface area contributed by atoms with Crippen LogP contribution in [0.5, 0.6) is 0 Å². The monoisotopic (exact) mass is 659 g/mol. The Morgan fingerprint density at radius 2 is 1.00 bits per heavy atom. The van der Waals surface area contributed by atoms with Crippen LogP contribution in [0.2, 0.25) is 0 Å². The topological polar surface area (TPSA) is 111 Å². The number of carbonyl (C=O) groups is 4. The van der Waals surface area contributed by atoms with Gasteiger partial charge in [0.1, 0.15) is 0 Å². The summed E-state index contributed by atoms with van der Waals surface area (Å²) in [6.07, 6.45) is 5.69. The molecule has 1 aliphatic rings. The Bertz CT molecular complexity index is 1760. The fraction of sp³-hybridized carbons (Fsp3) is 0.158. The van der Waals surface area contributed by atoms with Crippen molar-refractivity contribution >= 4 is 81.4 Å². The van der Waals surface area contributed by atoms with Crippen LogP contribution in [0.4, 0.5) is 34.1 Å². The van der Waals surface area contributed by atoms with E-state index in [9.17, 15) is 19.2 Å². The standard InChI is InChI=1S/C38H37N5O4S/c1-42(2)29-13-5-25(6-14-29)9-17-31(44)23-37(46)39-27-11-19-33-35(21-27)48-36-22-28(12-20-34(36)41-33)40-38(47)24-32(45)18-10-26-7-15-30(16-8-26)43(3)4/h5-22,41H,23-24H2,1-4H3,(H,39,46)(H,40,47)/b17-9+,18-10+. The zero-order valence-electron chi connectivity index (χ0n) is 27.2. The number of ketones is 2. The van der Waals surface area contributed by atoms with E-state index in [4.69, 9.17) is 0 Å². The number of nitrogens with zero attached hydrogens (tertiary/aromatic N) is 2. The molecular weight excluding hydrogens is 623 g/mol. The molecule has 0 atom stereocenters. The van der Waals surface area contributed by atoms with Gasteiger partial charge >= 0.3 is 0 Å². The number of rotatable bonds is 12. The van der Waals surface area contributed by atoms with Crippen molar-refractivity contribution in [3.05, 3.63) is 108 Å². The number of hydrogen-bond donors (Lipinski definition) is 3. The fourth-order valence-electron chi connectivity index (χ4n) is 4.83. The second-order valence-corrected chi connectivity index (χ2v) is 12.8. The summed E-state index contributed by atoms with van der Waals surface area (Å²) in [6, 6.07) is 26.5. The second kappa shape index (κ2) is 15.3. The van der Waals surface area contributed by atoms with Gasteiger partial charge in [-0.05, 0) is 83.9 Å². The van der Waals surface area contributed by atoms with E-state index in [1.807, 2.05) is 111 Å². The summed E-state index contributed by atoms with van der Waals surface area (Å²) < 4.78 is 0. The van der Waals surface area contributed by atoms with Gasteiger partial charge in [-0.15, -0.1) is 0 Å². The van der Waals surface area contributed by atoms with Crippen molar-refractivity contribution in [3.8, 4) is 0 Å². The number of anilines is 6. The lowest BCUT2D eigenvalue weighted by atomic mass is 10.1. The average Bonchev–Trinajstić information content (AvgIpc) is 3.05. The first-order valence-corrected chi connectivity index (χ1v) is 16.1. The summed E-state index contributed by atoms with van der Waals surface area (Å²) in [7, 11) is 7.84. The first-order chi connectivity index (χ1) is 23.0. The Morgan fingerprint density at radius 3 is 1.38 bits per heavy atom. The summed E-state index contributed by atoms with van der Waals surface area (Å²) in [6.45, 7) is 0. The summed E-state index contributed by atoms with van der Waals surface area (Å²) >= 11 is 1.48. The van der Waals surface area contributed by atoms with Gasteiger partial charge in [0, 0.05) is 60.7 Å². The molecule has 0 unspecified atom stereocenters. The highest BCUT2D eigenvalue weighted by atomic mass is 32.2. The Labute approximate surface area is 284 Å². The molecule has 3 N–H and O–H groups in total. The van der Waals surface area contributed by atoms with Gasteiger partial charge in [-0.3, -0.25) is 19.2 Å². The molecule has 5 rings (SSSR count). The molecule has 1 aliphatic heterocycles. The van der Waals surface area contributed by atoms with Gasteiger partial charge < -0.3 is 25.8 Å². The molecule has 0 radical (unpaired) electrons. The fourth-order valence-corrected chi connectivity index (χ4v) is 5.90. The first kappa shape index (κ1) is 33.7. The van der Waals surface area contributed by atoms with E-state index < -0.39 is 11.8 Å².